The molecule has 166 valence electrons. The lowest BCUT2D eigenvalue weighted by Crippen LogP contribution is -2.49. The van der Waals surface area contributed by atoms with Gasteiger partial charge in [0.25, 0.3) is 0 Å². The van der Waals surface area contributed by atoms with Crippen LogP contribution < -0.4 is 20.3 Å². The topological polar surface area (TPSA) is 53.6 Å². The van der Waals surface area contributed by atoms with Crippen molar-refractivity contribution >= 4 is 11.6 Å². The second kappa shape index (κ2) is 8.64. The van der Waals surface area contributed by atoms with E-state index in [2.05, 4.69) is 54.0 Å². The van der Waals surface area contributed by atoms with Crippen molar-refractivity contribution in [2.45, 2.75) is 70.1 Å². The fourth-order valence-electron chi connectivity index (χ4n) is 5.14. The highest BCUT2D eigenvalue weighted by atomic mass is 16.5. The van der Waals surface area contributed by atoms with Gasteiger partial charge in [-0.2, -0.15) is 0 Å². The number of fused-ring (bicyclic) bond motifs is 1. The molecule has 0 bridgehead atoms. The van der Waals surface area contributed by atoms with Crippen molar-refractivity contribution in [1.82, 2.24) is 10.6 Å². The summed E-state index contributed by atoms with van der Waals surface area (Å²) in [6.07, 6.45) is 3.45. The molecular weight excluding hydrogens is 386 g/mol. The highest BCUT2D eigenvalue weighted by Crippen LogP contribution is 2.44. The van der Waals surface area contributed by atoms with Gasteiger partial charge < -0.3 is 20.3 Å². The van der Waals surface area contributed by atoms with Crippen LogP contribution in [0.15, 0.2) is 42.5 Å². The second-order valence-corrected chi connectivity index (χ2v) is 9.40. The molecule has 4 rings (SSSR count). The molecule has 2 aromatic carbocycles. The molecule has 2 aliphatic rings. The summed E-state index contributed by atoms with van der Waals surface area (Å²) in [7, 11) is 3.55. The Kier molecular flexibility index (Phi) is 6.09. The molecule has 0 spiro atoms. The molecule has 5 heteroatoms. The van der Waals surface area contributed by atoms with Gasteiger partial charge in [0.1, 0.15) is 5.75 Å². The molecule has 1 saturated heterocycles. The Balaban J connectivity index is 1.58. The number of benzene rings is 2. The minimum atomic E-state index is -0.515. The molecule has 2 aromatic rings. The lowest BCUT2D eigenvalue weighted by atomic mass is 9.85. The molecule has 1 amide bonds. The molecule has 3 atom stereocenters. The maximum atomic E-state index is 12.7. The number of likely N-dealkylation sites (N-methyl/N-ethyl adjacent to an activating group) is 1. The summed E-state index contributed by atoms with van der Waals surface area (Å²) in [5.41, 5.74) is 3.93. The third-order valence-electron chi connectivity index (χ3n) is 7.12. The molecule has 2 aliphatic heterocycles. The van der Waals surface area contributed by atoms with Crippen LogP contribution in [0.5, 0.6) is 5.75 Å². The lowest BCUT2D eigenvalue weighted by molar-refractivity contribution is -0.121. The summed E-state index contributed by atoms with van der Waals surface area (Å²) in [4.78, 5) is 14.5. The average Bonchev–Trinajstić information content (AvgIpc) is 2.97. The van der Waals surface area contributed by atoms with Crippen LogP contribution in [0.3, 0.4) is 0 Å². The SMILES string of the molecule is CCC1CCC(NCc2cc3c(cc2OC)N(C)C(=O)C3(C)C)C(c2ccccc2)N1. The smallest absolute Gasteiger partial charge is 0.236 e. The van der Waals surface area contributed by atoms with E-state index in [0.717, 1.165) is 35.4 Å². The monoisotopic (exact) mass is 421 g/mol. The van der Waals surface area contributed by atoms with Crippen LogP contribution in [0, 0.1) is 0 Å². The van der Waals surface area contributed by atoms with E-state index in [1.54, 1.807) is 12.0 Å². The van der Waals surface area contributed by atoms with Gasteiger partial charge in [-0.1, -0.05) is 37.3 Å². The van der Waals surface area contributed by atoms with Crippen LogP contribution in [0.2, 0.25) is 0 Å². The van der Waals surface area contributed by atoms with Gasteiger partial charge in [-0.25, -0.2) is 0 Å². The summed E-state index contributed by atoms with van der Waals surface area (Å²) in [6, 6.07) is 16.1. The first-order valence-corrected chi connectivity index (χ1v) is 11.4. The summed E-state index contributed by atoms with van der Waals surface area (Å²) in [6.45, 7) is 6.96. The summed E-state index contributed by atoms with van der Waals surface area (Å²) < 4.78 is 5.71. The van der Waals surface area contributed by atoms with E-state index in [1.807, 2.05) is 27.0 Å². The van der Waals surface area contributed by atoms with Crippen LogP contribution in [0.1, 0.15) is 62.8 Å². The van der Waals surface area contributed by atoms with Gasteiger partial charge in [0, 0.05) is 43.3 Å². The molecule has 0 aliphatic carbocycles. The summed E-state index contributed by atoms with van der Waals surface area (Å²) >= 11 is 0. The van der Waals surface area contributed by atoms with Crippen molar-refractivity contribution in [3.63, 3.8) is 0 Å². The van der Waals surface area contributed by atoms with E-state index in [0.29, 0.717) is 18.6 Å². The highest BCUT2D eigenvalue weighted by molar-refractivity contribution is 6.07. The van der Waals surface area contributed by atoms with Gasteiger partial charge in [0.2, 0.25) is 5.91 Å². The number of anilines is 1. The van der Waals surface area contributed by atoms with E-state index in [9.17, 15) is 4.79 Å². The molecule has 1 fully saturated rings. The van der Waals surface area contributed by atoms with Gasteiger partial charge in [-0.3, -0.25) is 4.79 Å². The number of carbonyl (C=O) groups excluding carboxylic acids is 1. The molecule has 0 saturated carbocycles. The van der Waals surface area contributed by atoms with Gasteiger partial charge in [-0.15, -0.1) is 0 Å². The highest BCUT2D eigenvalue weighted by Gasteiger charge is 2.43. The van der Waals surface area contributed by atoms with Crippen LogP contribution >= 0.6 is 0 Å². The number of piperidine rings is 1. The summed E-state index contributed by atoms with van der Waals surface area (Å²) in [5.74, 6) is 0.955. The van der Waals surface area contributed by atoms with Crippen molar-refractivity contribution in [2.24, 2.45) is 0 Å². The molecule has 0 radical (unpaired) electrons. The Morgan fingerprint density at radius 1 is 1.19 bits per heavy atom. The number of nitrogens with one attached hydrogen (secondary N) is 2. The zero-order valence-electron chi connectivity index (χ0n) is 19.4. The van der Waals surface area contributed by atoms with E-state index in [-0.39, 0.29) is 11.9 Å². The van der Waals surface area contributed by atoms with E-state index in [4.69, 9.17) is 4.74 Å². The fourth-order valence-corrected chi connectivity index (χ4v) is 5.14. The van der Waals surface area contributed by atoms with E-state index in [1.165, 1.54) is 12.0 Å². The Bertz CT molecular complexity index is 941. The number of ether oxygens (including phenoxy) is 1. The molecule has 3 unspecified atom stereocenters. The van der Waals surface area contributed by atoms with E-state index >= 15 is 0 Å². The largest absolute Gasteiger partial charge is 0.496 e. The number of amides is 1. The Hall–Kier alpha value is -2.37. The molecule has 2 N–H and O–H groups in total. The maximum Gasteiger partial charge on any atom is 0.236 e. The van der Waals surface area contributed by atoms with Crippen molar-refractivity contribution in [3.8, 4) is 5.75 Å². The van der Waals surface area contributed by atoms with Crippen LogP contribution in [-0.2, 0) is 16.8 Å². The van der Waals surface area contributed by atoms with Gasteiger partial charge in [-0.05, 0) is 50.3 Å². The number of hydrogen-bond donors (Lipinski definition) is 2. The maximum absolute atomic E-state index is 12.7. The zero-order chi connectivity index (χ0) is 22.2. The third kappa shape index (κ3) is 3.97. The Morgan fingerprint density at radius 2 is 1.94 bits per heavy atom. The number of rotatable bonds is 6. The van der Waals surface area contributed by atoms with Crippen LogP contribution in [-0.4, -0.2) is 32.1 Å². The van der Waals surface area contributed by atoms with Crippen molar-refractivity contribution in [2.75, 3.05) is 19.1 Å². The molecular formula is C26H35N3O2. The predicted octanol–water partition coefficient (Wildman–Crippen LogP) is 4.31. The number of carbonyl (C=O) groups is 1. The molecule has 0 aromatic heterocycles. The Labute approximate surface area is 186 Å². The number of methoxy groups -OCH3 is 1. The first-order valence-electron chi connectivity index (χ1n) is 11.4. The quantitative estimate of drug-likeness (QED) is 0.730. The fraction of sp³-hybridized carbons (Fsp3) is 0.500. The first-order chi connectivity index (χ1) is 14.9. The van der Waals surface area contributed by atoms with Crippen molar-refractivity contribution < 1.29 is 9.53 Å². The Morgan fingerprint density at radius 3 is 2.61 bits per heavy atom. The van der Waals surface area contributed by atoms with Crippen molar-refractivity contribution in [3.05, 3.63) is 59.2 Å². The number of nitrogens with zero attached hydrogens (tertiary/aromatic N) is 1. The molecule has 2 heterocycles. The number of hydrogen-bond acceptors (Lipinski definition) is 4. The first kappa shape index (κ1) is 21.8. The standard InChI is InChI=1S/C26H35N3O2/c1-6-19-12-13-21(24(28-19)17-10-8-7-9-11-17)27-16-18-14-20-22(15-23(18)31-5)29(4)25(30)26(20,2)3/h7-11,14-15,19,21,24,27-28H,6,12-13,16H2,1-5H3. The average molecular weight is 422 g/mol. The van der Waals surface area contributed by atoms with Crippen LogP contribution in [0.25, 0.3) is 0 Å². The van der Waals surface area contributed by atoms with Crippen molar-refractivity contribution in [1.29, 1.82) is 0 Å². The third-order valence-corrected chi connectivity index (χ3v) is 7.12. The lowest BCUT2D eigenvalue weighted by Gasteiger charge is -2.38. The van der Waals surface area contributed by atoms with E-state index < -0.39 is 5.41 Å². The normalized spacial score (nSPS) is 24.9. The van der Waals surface area contributed by atoms with Crippen LogP contribution in [0.4, 0.5) is 5.69 Å². The molecule has 5 nitrogen and oxygen atoms in total. The minimum absolute atomic E-state index is 0.126. The van der Waals surface area contributed by atoms with Gasteiger partial charge >= 0.3 is 0 Å². The van der Waals surface area contributed by atoms with Gasteiger partial charge in [0.15, 0.2) is 0 Å². The second-order valence-electron chi connectivity index (χ2n) is 9.40. The molecule has 31 heavy (non-hydrogen) atoms. The summed E-state index contributed by atoms with van der Waals surface area (Å²) in [5, 5.41) is 7.66. The minimum Gasteiger partial charge on any atom is -0.496 e. The predicted molar refractivity (Wildman–Crippen MR) is 126 cm³/mol. The zero-order valence-corrected chi connectivity index (χ0v) is 19.4. The van der Waals surface area contributed by atoms with Gasteiger partial charge in [0.05, 0.1) is 18.2 Å².